The predicted octanol–water partition coefficient (Wildman–Crippen LogP) is 1.47. The van der Waals surface area contributed by atoms with Crippen molar-refractivity contribution < 1.29 is 28.9 Å². The molecule has 0 spiro atoms. The molecular weight excluding hydrogens is 416 g/mol. The summed E-state index contributed by atoms with van der Waals surface area (Å²) in [4.78, 5) is 31.6. The van der Waals surface area contributed by atoms with E-state index in [2.05, 4.69) is 20.6 Å². The number of carbonyl (C=O) groups excluding carboxylic acids is 1. The number of methoxy groups -OCH3 is 1. The molecule has 2 aliphatic heterocycles. The third-order valence-electron chi connectivity index (χ3n) is 5.55. The minimum absolute atomic E-state index is 0.0290. The van der Waals surface area contributed by atoms with Gasteiger partial charge in [-0.3, -0.25) is 9.59 Å². The number of ether oxygens (including phenoxy) is 3. The first kappa shape index (κ1) is 22.0. The second-order valence-corrected chi connectivity index (χ2v) is 7.76. The van der Waals surface area contributed by atoms with Crippen molar-refractivity contribution in [3.8, 4) is 17.0 Å². The summed E-state index contributed by atoms with van der Waals surface area (Å²) in [7, 11) is 1.62. The van der Waals surface area contributed by atoms with Crippen LogP contribution < -0.4 is 15.4 Å². The zero-order valence-electron chi connectivity index (χ0n) is 17.7. The van der Waals surface area contributed by atoms with Crippen molar-refractivity contribution in [3.05, 3.63) is 36.5 Å². The average Bonchev–Trinajstić information content (AvgIpc) is 3.37. The van der Waals surface area contributed by atoms with Crippen LogP contribution in [-0.2, 0) is 19.1 Å². The van der Waals surface area contributed by atoms with Crippen LogP contribution in [0, 0.1) is 0 Å². The molecule has 32 heavy (non-hydrogen) atoms. The topological polar surface area (TPSA) is 132 Å². The lowest BCUT2D eigenvalue weighted by molar-refractivity contribution is -0.137. The van der Waals surface area contributed by atoms with Gasteiger partial charge in [0.05, 0.1) is 38.1 Å². The number of aromatic nitrogens is 2. The number of benzene rings is 1. The highest BCUT2D eigenvalue weighted by Crippen LogP contribution is 2.29. The number of fused-ring (bicyclic) bond motifs is 1. The lowest BCUT2D eigenvalue weighted by Gasteiger charge is -2.18. The van der Waals surface area contributed by atoms with Gasteiger partial charge in [-0.25, -0.2) is 9.97 Å². The first-order valence-corrected chi connectivity index (χ1v) is 10.5. The highest BCUT2D eigenvalue weighted by atomic mass is 16.6. The molecule has 2 saturated heterocycles. The molecule has 2 aliphatic rings. The van der Waals surface area contributed by atoms with Crippen LogP contribution in [0.25, 0.3) is 11.3 Å². The molecule has 4 atom stereocenters. The summed E-state index contributed by atoms with van der Waals surface area (Å²) >= 11 is 0. The van der Waals surface area contributed by atoms with Crippen molar-refractivity contribution in [3.63, 3.8) is 0 Å². The third-order valence-corrected chi connectivity index (χ3v) is 5.55. The average molecular weight is 442 g/mol. The van der Waals surface area contributed by atoms with Gasteiger partial charge in [0.1, 0.15) is 18.0 Å². The highest BCUT2D eigenvalue weighted by Gasteiger charge is 2.48. The van der Waals surface area contributed by atoms with Gasteiger partial charge in [0.15, 0.2) is 0 Å². The molecule has 1 aromatic heterocycles. The summed E-state index contributed by atoms with van der Waals surface area (Å²) in [6.45, 7) is 0.738. The number of carboxylic acid groups (broad SMARTS) is 1. The van der Waals surface area contributed by atoms with Crippen molar-refractivity contribution in [1.29, 1.82) is 0 Å². The zero-order valence-corrected chi connectivity index (χ0v) is 17.7. The van der Waals surface area contributed by atoms with Gasteiger partial charge in [-0.1, -0.05) is 0 Å². The van der Waals surface area contributed by atoms with Gasteiger partial charge in [-0.2, -0.15) is 0 Å². The fourth-order valence-corrected chi connectivity index (χ4v) is 3.94. The molecule has 2 fully saturated rings. The van der Waals surface area contributed by atoms with E-state index in [-0.39, 0.29) is 43.0 Å². The summed E-state index contributed by atoms with van der Waals surface area (Å²) < 4.78 is 17.0. The van der Waals surface area contributed by atoms with Crippen LogP contribution in [0.4, 0.5) is 5.95 Å². The molecule has 3 N–H and O–H groups in total. The summed E-state index contributed by atoms with van der Waals surface area (Å²) in [6.07, 6.45) is 1.61. The third kappa shape index (κ3) is 5.14. The quantitative estimate of drug-likeness (QED) is 0.528. The molecule has 0 bridgehead atoms. The monoisotopic (exact) mass is 442 g/mol. The van der Waals surface area contributed by atoms with E-state index in [4.69, 9.17) is 19.3 Å². The van der Waals surface area contributed by atoms with E-state index in [9.17, 15) is 9.59 Å². The minimum atomic E-state index is -0.909. The van der Waals surface area contributed by atoms with E-state index < -0.39 is 5.97 Å². The maximum atomic E-state index is 12.1. The van der Waals surface area contributed by atoms with E-state index in [1.807, 2.05) is 30.3 Å². The molecule has 170 valence electrons. The molecular formula is C22H26N4O6. The van der Waals surface area contributed by atoms with Crippen LogP contribution >= 0.6 is 0 Å². The van der Waals surface area contributed by atoms with Crippen molar-refractivity contribution >= 4 is 17.8 Å². The molecule has 10 heteroatoms. The number of aliphatic carboxylic acids is 1. The maximum Gasteiger partial charge on any atom is 0.303 e. The molecule has 3 heterocycles. The summed E-state index contributed by atoms with van der Waals surface area (Å²) in [5, 5.41) is 14.9. The first-order chi connectivity index (χ1) is 15.5. The molecule has 4 rings (SSSR count). The Kier molecular flexibility index (Phi) is 6.81. The number of rotatable bonds is 9. The molecule has 0 saturated carbocycles. The van der Waals surface area contributed by atoms with Crippen LogP contribution in [-0.4, -0.2) is 71.6 Å². The molecule has 0 aliphatic carbocycles. The minimum Gasteiger partial charge on any atom is -0.497 e. The van der Waals surface area contributed by atoms with Crippen LogP contribution in [0.5, 0.6) is 5.75 Å². The summed E-state index contributed by atoms with van der Waals surface area (Å²) in [5.74, 6) is 0.138. The van der Waals surface area contributed by atoms with Gasteiger partial charge in [0.25, 0.3) is 0 Å². The SMILES string of the molecule is COc1ccc(-c2ccnc(NC3COC4C(NC(=O)CCCC(=O)O)COC34)n2)cc1. The van der Waals surface area contributed by atoms with Crippen LogP contribution in [0.3, 0.4) is 0 Å². The van der Waals surface area contributed by atoms with E-state index in [0.717, 1.165) is 17.0 Å². The largest absolute Gasteiger partial charge is 0.497 e. The Morgan fingerprint density at radius 3 is 2.53 bits per heavy atom. The number of carbonyl (C=O) groups is 2. The summed E-state index contributed by atoms with van der Waals surface area (Å²) in [6, 6.07) is 9.04. The normalized spacial score (nSPS) is 24.0. The number of nitrogens with one attached hydrogen (secondary N) is 2. The maximum absolute atomic E-state index is 12.1. The molecule has 4 unspecified atom stereocenters. The Morgan fingerprint density at radius 2 is 1.81 bits per heavy atom. The Hall–Kier alpha value is -3.24. The second kappa shape index (κ2) is 9.92. The van der Waals surface area contributed by atoms with Gasteiger partial charge in [0.2, 0.25) is 11.9 Å². The van der Waals surface area contributed by atoms with Crippen molar-refractivity contribution in [1.82, 2.24) is 15.3 Å². The number of nitrogens with zero attached hydrogens (tertiary/aromatic N) is 2. The number of amides is 1. The Morgan fingerprint density at radius 1 is 1.09 bits per heavy atom. The number of anilines is 1. The van der Waals surface area contributed by atoms with Crippen LogP contribution in [0.15, 0.2) is 36.5 Å². The van der Waals surface area contributed by atoms with Crippen molar-refractivity contribution in [2.24, 2.45) is 0 Å². The molecule has 2 aromatic rings. The second-order valence-electron chi connectivity index (χ2n) is 7.76. The molecule has 1 aromatic carbocycles. The lowest BCUT2D eigenvalue weighted by Crippen LogP contribution is -2.44. The number of hydrogen-bond donors (Lipinski definition) is 3. The summed E-state index contributed by atoms with van der Waals surface area (Å²) in [5.41, 5.74) is 1.72. The van der Waals surface area contributed by atoms with Gasteiger partial charge in [-0.15, -0.1) is 0 Å². The van der Waals surface area contributed by atoms with Crippen molar-refractivity contribution in [2.75, 3.05) is 25.6 Å². The zero-order chi connectivity index (χ0) is 22.5. The van der Waals surface area contributed by atoms with Gasteiger partial charge in [-0.05, 0) is 36.8 Å². The lowest BCUT2D eigenvalue weighted by atomic mass is 10.1. The smallest absolute Gasteiger partial charge is 0.303 e. The van der Waals surface area contributed by atoms with E-state index in [1.54, 1.807) is 13.3 Å². The van der Waals surface area contributed by atoms with E-state index >= 15 is 0 Å². The van der Waals surface area contributed by atoms with Crippen molar-refractivity contribution in [2.45, 2.75) is 43.6 Å². The highest BCUT2D eigenvalue weighted by molar-refractivity contribution is 5.77. The van der Waals surface area contributed by atoms with Gasteiger partial charge >= 0.3 is 5.97 Å². The number of hydrogen-bond acceptors (Lipinski definition) is 8. The van der Waals surface area contributed by atoms with E-state index in [0.29, 0.717) is 25.6 Å². The number of carboxylic acids is 1. The molecule has 0 radical (unpaired) electrons. The van der Waals surface area contributed by atoms with Crippen LogP contribution in [0.2, 0.25) is 0 Å². The fraction of sp³-hybridized carbons (Fsp3) is 0.455. The van der Waals surface area contributed by atoms with Gasteiger partial charge in [0, 0.05) is 24.6 Å². The molecule has 1 amide bonds. The molecule has 10 nitrogen and oxygen atoms in total. The predicted molar refractivity (Wildman–Crippen MR) is 114 cm³/mol. The van der Waals surface area contributed by atoms with Crippen LogP contribution in [0.1, 0.15) is 19.3 Å². The Labute approximate surface area is 185 Å². The van der Waals surface area contributed by atoms with Gasteiger partial charge < -0.3 is 30.0 Å². The fourth-order valence-electron chi connectivity index (χ4n) is 3.94. The Balaban J connectivity index is 1.33. The standard InChI is InChI=1S/C22H26N4O6/c1-30-14-7-5-13(6-8-14)15-9-10-23-22(25-15)26-17-12-32-20-16(11-31-21(17)20)24-18(27)3-2-4-19(28)29/h5-10,16-17,20-21H,2-4,11-12H2,1H3,(H,24,27)(H,28,29)(H,23,25,26). The van der Waals surface area contributed by atoms with E-state index in [1.165, 1.54) is 0 Å². The first-order valence-electron chi connectivity index (χ1n) is 10.5. The Bertz CT molecular complexity index is 954.